The molecule has 2 aromatic carbocycles. The molecule has 0 spiro atoms. The summed E-state index contributed by atoms with van der Waals surface area (Å²) in [5.41, 5.74) is 2.61. The fourth-order valence-corrected chi connectivity index (χ4v) is 3.49. The number of imidazole rings is 1. The first kappa shape index (κ1) is 22.0. The number of anilines is 1. The molecule has 0 aliphatic heterocycles. The van der Waals surface area contributed by atoms with Crippen LogP contribution in [0.3, 0.4) is 0 Å². The van der Waals surface area contributed by atoms with Gasteiger partial charge in [-0.3, -0.25) is 9.36 Å². The van der Waals surface area contributed by atoms with E-state index >= 15 is 0 Å². The zero-order valence-electron chi connectivity index (χ0n) is 19.0. The highest BCUT2D eigenvalue weighted by Crippen LogP contribution is 2.24. The Hall–Kier alpha value is -4.20. The van der Waals surface area contributed by atoms with Crippen LogP contribution in [0.1, 0.15) is 22.8 Å². The van der Waals surface area contributed by atoms with Gasteiger partial charge in [0.2, 0.25) is 11.8 Å². The van der Waals surface area contributed by atoms with Gasteiger partial charge in [-0.2, -0.15) is 4.98 Å². The molecule has 168 valence electrons. The van der Waals surface area contributed by atoms with Crippen molar-refractivity contribution in [3.8, 4) is 23.2 Å². The quantitative estimate of drug-likeness (QED) is 0.450. The second kappa shape index (κ2) is 9.52. The summed E-state index contributed by atoms with van der Waals surface area (Å²) in [6.07, 6.45) is 3.83. The Kier molecular flexibility index (Phi) is 6.35. The maximum atomic E-state index is 12.4. The summed E-state index contributed by atoms with van der Waals surface area (Å²) in [7, 11) is 1.63. The van der Waals surface area contributed by atoms with E-state index in [2.05, 4.69) is 20.3 Å². The van der Waals surface area contributed by atoms with Crippen LogP contribution in [-0.4, -0.2) is 32.5 Å². The Labute approximate surface area is 192 Å². The molecule has 0 atom stereocenters. The van der Waals surface area contributed by atoms with E-state index in [0.717, 1.165) is 22.7 Å². The molecular weight excluding hydrogens is 418 g/mol. The maximum Gasteiger partial charge on any atom is 0.228 e. The molecule has 2 heterocycles. The van der Waals surface area contributed by atoms with Crippen molar-refractivity contribution >= 4 is 11.6 Å². The smallest absolute Gasteiger partial charge is 0.228 e. The number of carbonyl (C=O) groups is 1. The third-order valence-corrected chi connectivity index (χ3v) is 5.06. The van der Waals surface area contributed by atoms with Crippen LogP contribution in [0.25, 0.3) is 5.82 Å². The number of carbonyl (C=O) groups excluding carboxylic acids is 1. The normalized spacial score (nSPS) is 10.7. The van der Waals surface area contributed by atoms with Gasteiger partial charge < -0.3 is 14.8 Å². The summed E-state index contributed by atoms with van der Waals surface area (Å²) < 4.78 is 13.1. The van der Waals surface area contributed by atoms with E-state index in [1.165, 1.54) is 0 Å². The Balaban J connectivity index is 1.40. The molecule has 0 fully saturated rings. The lowest BCUT2D eigenvalue weighted by Crippen LogP contribution is -2.14. The molecule has 0 unspecified atom stereocenters. The first-order valence-electron chi connectivity index (χ1n) is 10.5. The molecule has 0 radical (unpaired) electrons. The Bertz CT molecular complexity index is 1280. The molecule has 4 aromatic rings. The molecule has 1 N–H and O–H groups in total. The number of hydrogen-bond donors (Lipinski definition) is 1. The van der Waals surface area contributed by atoms with Crippen molar-refractivity contribution in [1.82, 2.24) is 19.5 Å². The Morgan fingerprint density at radius 3 is 2.48 bits per heavy atom. The Morgan fingerprint density at radius 2 is 1.82 bits per heavy atom. The average Bonchev–Trinajstić information content (AvgIpc) is 3.21. The van der Waals surface area contributed by atoms with E-state index in [-0.39, 0.29) is 12.3 Å². The van der Waals surface area contributed by atoms with E-state index < -0.39 is 0 Å². The minimum atomic E-state index is -0.0972. The number of rotatable bonds is 7. The average molecular weight is 444 g/mol. The summed E-state index contributed by atoms with van der Waals surface area (Å²) in [4.78, 5) is 25.5. The minimum absolute atomic E-state index is 0.0972. The van der Waals surface area contributed by atoms with Gasteiger partial charge in [-0.15, -0.1) is 0 Å². The van der Waals surface area contributed by atoms with Gasteiger partial charge in [0, 0.05) is 24.1 Å². The Morgan fingerprint density at radius 1 is 1.03 bits per heavy atom. The van der Waals surface area contributed by atoms with Gasteiger partial charge in [-0.05, 0) is 62.2 Å². The molecule has 1 amide bonds. The van der Waals surface area contributed by atoms with Crippen molar-refractivity contribution in [3.63, 3.8) is 0 Å². The number of methoxy groups -OCH3 is 1. The first-order chi connectivity index (χ1) is 15.9. The minimum Gasteiger partial charge on any atom is -0.496 e. The van der Waals surface area contributed by atoms with Crippen LogP contribution in [-0.2, 0) is 11.2 Å². The van der Waals surface area contributed by atoms with Crippen LogP contribution < -0.4 is 14.8 Å². The number of amides is 1. The second-order valence-electron chi connectivity index (χ2n) is 7.61. The highest BCUT2D eigenvalue weighted by molar-refractivity contribution is 5.92. The van der Waals surface area contributed by atoms with Crippen LogP contribution in [0.2, 0.25) is 0 Å². The molecule has 0 saturated heterocycles. The molecule has 0 bridgehead atoms. The predicted octanol–water partition coefficient (Wildman–Crippen LogP) is 4.57. The zero-order valence-corrected chi connectivity index (χ0v) is 19.0. The zero-order chi connectivity index (χ0) is 23.4. The third-order valence-electron chi connectivity index (χ3n) is 5.06. The number of aromatic nitrogens is 4. The maximum absolute atomic E-state index is 12.4. The number of aryl methyl sites for hydroxylation is 3. The van der Waals surface area contributed by atoms with Crippen molar-refractivity contribution in [1.29, 1.82) is 0 Å². The van der Waals surface area contributed by atoms with Crippen LogP contribution >= 0.6 is 0 Å². The number of nitrogens with one attached hydrogen (secondary N) is 1. The van der Waals surface area contributed by atoms with Gasteiger partial charge >= 0.3 is 0 Å². The third kappa shape index (κ3) is 5.35. The molecule has 2 aromatic heterocycles. The highest BCUT2D eigenvalue weighted by Gasteiger charge is 2.10. The van der Waals surface area contributed by atoms with Crippen LogP contribution in [0, 0.1) is 20.8 Å². The van der Waals surface area contributed by atoms with Gasteiger partial charge in [0.1, 0.15) is 29.0 Å². The van der Waals surface area contributed by atoms with Crippen LogP contribution in [0.15, 0.2) is 60.9 Å². The van der Waals surface area contributed by atoms with E-state index in [9.17, 15) is 4.79 Å². The van der Waals surface area contributed by atoms with E-state index in [1.54, 1.807) is 43.6 Å². The molecule has 0 aliphatic carbocycles. The van der Waals surface area contributed by atoms with Crippen molar-refractivity contribution in [2.75, 3.05) is 12.4 Å². The standard InChI is InChI=1S/C25H25N5O3/c1-16-13-19(5-10-22(16)32-4)14-24(31)29-20-6-8-21(9-7-20)33-25-15-23(27-17(2)28-25)30-12-11-26-18(30)3/h5-13,15H,14H2,1-4H3,(H,29,31). The molecule has 8 nitrogen and oxygen atoms in total. The molecular formula is C25H25N5O3. The molecule has 8 heteroatoms. The summed E-state index contributed by atoms with van der Waals surface area (Å²) >= 11 is 0. The summed E-state index contributed by atoms with van der Waals surface area (Å²) in [5.74, 6) is 3.84. The van der Waals surface area contributed by atoms with Crippen LogP contribution in [0.4, 0.5) is 5.69 Å². The summed E-state index contributed by atoms with van der Waals surface area (Å²) in [6.45, 7) is 5.67. The fourth-order valence-electron chi connectivity index (χ4n) is 3.49. The lowest BCUT2D eigenvalue weighted by molar-refractivity contribution is -0.115. The van der Waals surface area contributed by atoms with Crippen molar-refractivity contribution in [2.45, 2.75) is 27.2 Å². The molecule has 0 aliphatic rings. The van der Waals surface area contributed by atoms with Crippen LogP contribution in [0.5, 0.6) is 17.4 Å². The van der Waals surface area contributed by atoms with Crippen molar-refractivity contribution in [3.05, 3.63) is 83.7 Å². The van der Waals surface area contributed by atoms with E-state index in [4.69, 9.17) is 9.47 Å². The van der Waals surface area contributed by atoms with Gasteiger partial charge in [0.15, 0.2) is 0 Å². The predicted molar refractivity (Wildman–Crippen MR) is 125 cm³/mol. The molecule has 0 saturated carbocycles. The monoisotopic (exact) mass is 443 g/mol. The number of ether oxygens (including phenoxy) is 2. The van der Waals surface area contributed by atoms with Gasteiger partial charge in [-0.25, -0.2) is 9.97 Å². The topological polar surface area (TPSA) is 91.2 Å². The lowest BCUT2D eigenvalue weighted by Gasteiger charge is -2.11. The fraction of sp³-hybridized carbons (Fsp3) is 0.200. The SMILES string of the molecule is COc1ccc(CC(=O)Nc2ccc(Oc3cc(-n4ccnc4C)nc(C)n3)cc2)cc1C. The summed E-state index contributed by atoms with van der Waals surface area (Å²) in [6, 6.07) is 14.6. The lowest BCUT2D eigenvalue weighted by atomic mass is 10.1. The van der Waals surface area contributed by atoms with Gasteiger partial charge in [-0.1, -0.05) is 12.1 Å². The second-order valence-corrected chi connectivity index (χ2v) is 7.61. The number of hydrogen-bond acceptors (Lipinski definition) is 6. The van der Waals surface area contributed by atoms with Gasteiger partial charge in [0.25, 0.3) is 0 Å². The van der Waals surface area contributed by atoms with Crippen molar-refractivity contribution in [2.24, 2.45) is 0 Å². The largest absolute Gasteiger partial charge is 0.496 e. The number of benzene rings is 2. The first-order valence-corrected chi connectivity index (χ1v) is 10.5. The molecule has 33 heavy (non-hydrogen) atoms. The summed E-state index contributed by atoms with van der Waals surface area (Å²) in [5, 5.41) is 2.91. The highest BCUT2D eigenvalue weighted by atomic mass is 16.5. The van der Waals surface area contributed by atoms with Gasteiger partial charge in [0.05, 0.1) is 13.5 Å². The van der Waals surface area contributed by atoms with Crippen molar-refractivity contribution < 1.29 is 14.3 Å². The van der Waals surface area contributed by atoms with E-state index in [0.29, 0.717) is 29.0 Å². The molecule has 4 rings (SSSR count). The van der Waals surface area contributed by atoms with E-state index in [1.807, 2.05) is 49.7 Å². The number of nitrogens with zero attached hydrogens (tertiary/aromatic N) is 4.